The first-order chi connectivity index (χ1) is 14.5. The number of aromatic nitrogens is 3. The minimum atomic E-state index is -0.533. The summed E-state index contributed by atoms with van der Waals surface area (Å²) in [5.74, 6) is 0.713. The molecule has 2 atom stereocenters. The molecule has 0 bridgehead atoms. The standard InChI is InChI=1S/C21H23N7O2/c1-11-2-3-12(7-16(11)22)6-15-9-18(24-14-4-5-14)28-19(25-15)13(10-23-28)8-17-20(29)27-21(30)26-17/h2-3,7-11,14,16,24H,4-6,22H2,1H3,(H2,26,27,29,30)/b17-8-. The lowest BCUT2D eigenvalue weighted by atomic mass is 9.92. The van der Waals surface area contributed by atoms with Crippen molar-refractivity contribution < 1.29 is 9.59 Å². The topological polar surface area (TPSA) is 126 Å². The smallest absolute Gasteiger partial charge is 0.326 e. The normalized spacial score (nSPS) is 24.9. The number of hydrogen-bond donors (Lipinski definition) is 4. The third kappa shape index (κ3) is 3.59. The number of urea groups is 1. The molecule has 2 fully saturated rings. The summed E-state index contributed by atoms with van der Waals surface area (Å²) in [6, 6.07) is 1.92. The van der Waals surface area contributed by atoms with E-state index < -0.39 is 11.9 Å². The van der Waals surface area contributed by atoms with Crippen LogP contribution in [-0.2, 0) is 11.2 Å². The number of imide groups is 1. The van der Waals surface area contributed by atoms with E-state index in [1.165, 1.54) is 0 Å². The zero-order valence-electron chi connectivity index (χ0n) is 16.6. The Morgan fingerprint density at radius 2 is 2.17 bits per heavy atom. The van der Waals surface area contributed by atoms with Gasteiger partial charge >= 0.3 is 6.03 Å². The first-order valence-corrected chi connectivity index (χ1v) is 10.1. The van der Waals surface area contributed by atoms with Gasteiger partial charge in [0.2, 0.25) is 0 Å². The third-order valence-corrected chi connectivity index (χ3v) is 5.51. The number of nitrogens with one attached hydrogen (secondary N) is 3. The van der Waals surface area contributed by atoms with Crippen molar-refractivity contribution in [2.75, 3.05) is 5.32 Å². The Morgan fingerprint density at radius 1 is 1.33 bits per heavy atom. The number of nitrogens with zero attached hydrogens (tertiary/aromatic N) is 3. The second kappa shape index (κ2) is 7.10. The fraction of sp³-hybridized carbons (Fsp3) is 0.333. The second-order valence-corrected chi connectivity index (χ2v) is 8.07. The molecule has 2 unspecified atom stereocenters. The lowest BCUT2D eigenvalue weighted by Crippen LogP contribution is -2.27. The van der Waals surface area contributed by atoms with Gasteiger partial charge in [-0.2, -0.15) is 9.61 Å². The molecular formula is C21H23N7O2. The number of rotatable bonds is 5. The molecule has 2 aliphatic carbocycles. The molecule has 1 aliphatic heterocycles. The van der Waals surface area contributed by atoms with Crippen LogP contribution in [0.2, 0.25) is 0 Å². The molecule has 30 heavy (non-hydrogen) atoms. The molecule has 2 aromatic heterocycles. The molecule has 5 N–H and O–H groups in total. The van der Waals surface area contributed by atoms with Gasteiger partial charge in [-0.05, 0) is 30.4 Å². The van der Waals surface area contributed by atoms with Crippen LogP contribution in [0, 0.1) is 5.92 Å². The zero-order valence-corrected chi connectivity index (χ0v) is 16.6. The average Bonchev–Trinajstić information content (AvgIpc) is 3.34. The minimum Gasteiger partial charge on any atom is -0.367 e. The molecule has 0 radical (unpaired) electrons. The van der Waals surface area contributed by atoms with Crippen LogP contribution in [0.1, 0.15) is 31.0 Å². The average molecular weight is 405 g/mol. The fourth-order valence-electron chi connectivity index (χ4n) is 3.59. The van der Waals surface area contributed by atoms with Crippen molar-refractivity contribution in [2.24, 2.45) is 11.7 Å². The van der Waals surface area contributed by atoms with Crippen molar-refractivity contribution >= 4 is 29.5 Å². The van der Waals surface area contributed by atoms with E-state index in [4.69, 9.17) is 10.7 Å². The van der Waals surface area contributed by atoms with Gasteiger partial charge in [-0.25, -0.2) is 9.78 Å². The van der Waals surface area contributed by atoms with Crippen LogP contribution in [0.5, 0.6) is 0 Å². The van der Waals surface area contributed by atoms with Crippen LogP contribution >= 0.6 is 0 Å². The van der Waals surface area contributed by atoms with E-state index in [1.54, 1.807) is 16.8 Å². The van der Waals surface area contributed by atoms with Crippen LogP contribution < -0.4 is 21.7 Å². The van der Waals surface area contributed by atoms with Gasteiger partial charge < -0.3 is 16.4 Å². The number of carbonyl (C=O) groups excluding carboxylic acids is 2. The largest absolute Gasteiger partial charge is 0.367 e. The zero-order chi connectivity index (χ0) is 20.8. The Labute approximate surface area is 173 Å². The number of hydrogen-bond acceptors (Lipinski definition) is 6. The van der Waals surface area contributed by atoms with Gasteiger partial charge in [0.05, 0.1) is 11.9 Å². The van der Waals surface area contributed by atoms with E-state index in [9.17, 15) is 9.59 Å². The molecule has 1 saturated carbocycles. The van der Waals surface area contributed by atoms with Gasteiger partial charge in [0.1, 0.15) is 11.5 Å². The van der Waals surface area contributed by atoms with Gasteiger partial charge in [-0.1, -0.05) is 25.2 Å². The van der Waals surface area contributed by atoms with E-state index in [-0.39, 0.29) is 11.7 Å². The Morgan fingerprint density at radius 3 is 2.87 bits per heavy atom. The summed E-state index contributed by atoms with van der Waals surface area (Å²) in [5, 5.41) is 12.7. The number of carbonyl (C=O) groups is 2. The molecule has 154 valence electrons. The Bertz CT molecular complexity index is 1140. The van der Waals surface area contributed by atoms with E-state index in [0.29, 0.717) is 29.6 Å². The molecule has 3 heterocycles. The van der Waals surface area contributed by atoms with Crippen molar-refractivity contribution in [1.82, 2.24) is 25.2 Å². The maximum atomic E-state index is 11.9. The summed E-state index contributed by atoms with van der Waals surface area (Å²) in [7, 11) is 0. The highest BCUT2D eigenvalue weighted by Gasteiger charge is 2.25. The molecule has 0 spiro atoms. The number of fused-ring (bicyclic) bond motifs is 1. The number of allylic oxidation sites excluding steroid dienone is 2. The summed E-state index contributed by atoms with van der Waals surface area (Å²) in [5.41, 5.74) is 9.64. The molecule has 1 saturated heterocycles. The molecule has 2 aromatic rings. The highest BCUT2D eigenvalue weighted by Crippen LogP contribution is 2.27. The summed E-state index contributed by atoms with van der Waals surface area (Å²) < 4.78 is 1.74. The van der Waals surface area contributed by atoms with Crippen LogP contribution in [0.3, 0.4) is 0 Å². The fourth-order valence-corrected chi connectivity index (χ4v) is 3.59. The lowest BCUT2D eigenvalue weighted by molar-refractivity contribution is -0.115. The molecule has 0 aromatic carbocycles. The summed E-state index contributed by atoms with van der Waals surface area (Å²) >= 11 is 0. The Balaban J connectivity index is 1.54. The van der Waals surface area contributed by atoms with Gasteiger partial charge in [-0.15, -0.1) is 0 Å². The van der Waals surface area contributed by atoms with E-state index >= 15 is 0 Å². The predicted molar refractivity (Wildman–Crippen MR) is 112 cm³/mol. The van der Waals surface area contributed by atoms with Crippen molar-refractivity contribution in [3.63, 3.8) is 0 Å². The molecule has 3 aliphatic rings. The highest BCUT2D eigenvalue weighted by molar-refractivity contribution is 6.14. The maximum absolute atomic E-state index is 11.9. The van der Waals surface area contributed by atoms with Crippen molar-refractivity contribution in [3.8, 4) is 0 Å². The van der Waals surface area contributed by atoms with E-state index in [0.717, 1.165) is 29.9 Å². The van der Waals surface area contributed by atoms with Crippen molar-refractivity contribution in [2.45, 2.75) is 38.3 Å². The first kappa shape index (κ1) is 18.6. The van der Waals surface area contributed by atoms with Gasteiger partial charge in [0, 0.05) is 30.1 Å². The number of anilines is 1. The number of nitrogens with two attached hydrogens (primary N) is 1. The van der Waals surface area contributed by atoms with E-state index in [1.807, 2.05) is 6.07 Å². The quantitative estimate of drug-likeness (QED) is 0.441. The van der Waals surface area contributed by atoms with Gasteiger partial charge in [0.15, 0.2) is 5.65 Å². The first-order valence-electron chi connectivity index (χ1n) is 10.1. The lowest BCUT2D eigenvalue weighted by Gasteiger charge is -2.19. The molecule has 9 nitrogen and oxygen atoms in total. The van der Waals surface area contributed by atoms with Crippen LogP contribution in [0.25, 0.3) is 11.7 Å². The summed E-state index contributed by atoms with van der Waals surface area (Å²) in [4.78, 5) is 28.1. The predicted octanol–water partition coefficient (Wildman–Crippen LogP) is 1.49. The van der Waals surface area contributed by atoms with Crippen LogP contribution in [0.4, 0.5) is 10.6 Å². The minimum absolute atomic E-state index is 0.00228. The van der Waals surface area contributed by atoms with E-state index in [2.05, 4.69) is 46.2 Å². The van der Waals surface area contributed by atoms with Gasteiger partial charge in [0.25, 0.3) is 5.91 Å². The highest BCUT2D eigenvalue weighted by atomic mass is 16.2. The van der Waals surface area contributed by atoms with Crippen molar-refractivity contribution in [1.29, 1.82) is 0 Å². The Kier molecular flexibility index (Phi) is 4.39. The van der Waals surface area contributed by atoms with Gasteiger partial charge in [-0.3, -0.25) is 10.1 Å². The molecule has 5 rings (SSSR count). The van der Waals surface area contributed by atoms with Crippen LogP contribution in [0.15, 0.2) is 41.8 Å². The Hall–Kier alpha value is -3.46. The maximum Gasteiger partial charge on any atom is 0.326 e. The van der Waals surface area contributed by atoms with Crippen LogP contribution in [-0.4, -0.2) is 38.6 Å². The third-order valence-electron chi connectivity index (χ3n) is 5.51. The molecule has 9 heteroatoms. The second-order valence-electron chi connectivity index (χ2n) is 8.07. The van der Waals surface area contributed by atoms with Crippen molar-refractivity contribution in [3.05, 3.63) is 53.0 Å². The SMILES string of the molecule is CC1C=CC(Cc2cc(NC3CC3)n3ncc(/C=C4\NC(=O)NC4=O)c3n2)=CC1N. The monoisotopic (exact) mass is 405 g/mol. The summed E-state index contributed by atoms with van der Waals surface area (Å²) in [6.07, 6.45) is 12.5. The number of amides is 3. The molecular weight excluding hydrogens is 382 g/mol. The molecule has 3 amide bonds. The summed E-state index contributed by atoms with van der Waals surface area (Å²) in [6.45, 7) is 2.10.